The van der Waals surface area contributed by atoms with Crippen molar-refractivity contribution in [2.75, 3.05) is 7.11 Å². The van der Waals surface area contributed by atoms with Crippen LogP contribution in [0.4, 0.5) is 0 Å². The number of carbonyl (C=O) groups excluding carboxylic acids is 2. The van der Waals surface area contributed by atoms with Gasteiger partial charge in [-0.3, -0.25) is 9.59 Å². The Morgan fingerprint density at radius 2 is 1.56 bits per heavy atom. The molecule has 104 valence electrons. The average Bonchev–Trinajstić information content (AvgIpc) is 2.24. The van der Waals surface area contributed by atoms with E-state index in [0.29, 0.717) is 0 Å². The van der Waals surface area contributed by atoms with Gasteiger partial charge in [0.2, 0.25) is 0 Å². The Morgan fingerprint density at radius 1 is 1.06 bits per heavy atom. The highest BCUT2D eigenvalue weighted by Gasteiger charge is 2.47. The Kier molecular flexibility index (Phi) is 5.06. The van der Waals surface area contributed by atoms with E-state index < -0.39 is 42.6 Å². The molecule has 1 saturated heterocycles. The molecule has 7 nitrogen and oxygen atoms in total. The van der Waals surface area contributed by atoms with Crippen molar-refractivity contribution in [3.8, 4) is 0 Å². The van der Waals surface area contributed by atoms with Gasteiger partial charge in [-0.05, 0) is 6.92 Å². The van der Waals surface area contributed by atoms with Gasteiger partial charge in [-0.2, -0.15) is 0 Å². The maximum Gasteiger partial charge on any atom is 0.303 e. The quantitative estimate of drug-likeness (QED) is 0.692. The summed E-state index contributed by atoms with van der Waals surface area (Å²) in [7, 11) is 1.38. The summed E-state index contributed by atoms with van der Waals surface area (Å²) in [6.07, 6.45) is -4.45. The number of rotatable bonds is 3. The van der Waals surface area contributed by atoms with Crippen LogP contribution in [0, 0.1) is 0 Å². The third-order valence-corrected chi connectivity index (χ3v) is 2.62. The molecule has 0 aromatic heterocycles. The molecule has 0 amide bonds. The second kappa shape index (κ2) is 6.12. The molecule has 0 aliphatic carbocycles. The predicted molar refractivity (Wildman–Crippen MR) is 58.5 cm³/mol. The maximum absolute atomic E-state index is 11.0. The van der Waals surface area contributed by atoms with Crippen molar-refractivity contribution in [3.63, 3.8) is 0 Å². The summed E-state index contributed by atoms with van der Waals surface area (Å²) in [6.45, 7) is 4.09. The van der Waals surface area contributed by atoms with Crippen molar-refractivity contribution in [1.82, 2.24) is 0 Å². The molecule has 5 atom stereocenters. The first-order chi connectivity index (χ1) is 8.36. The minimum absolute atomic E-state index is 0.504. The van der Waals surface area contributed by atoms with Crippen LogP contribution in [-0.2, 0) is 28.5 Å². The van der Waals surface area contributed by atoms with Gasteiger partial charge in [0.05, 0.1) is 6.10 Å². The van der Waals surface area contributed by atoms with Crippen molar-refractivity contribution >= 4 is 11.9 Å². The summed E-state index contributed by atoms with van der Waals surface area (Å²) in [4.78, 5) is 22.0. The van der Waals surface area contributed by atoms with E-state index in [0.717, 1.165) is 0 Å². The molecular weight excluding hydrogens is 244 g/mol. The Balaban J connectivity index is 2.88. The van der Waals surface area contributed by atoms with Crippen LogP contribution in [0.1, 0.15) is 20.8 Å². The van der Waals surface area contributed by atoms with Crippen molar-refractivity contribution in [1.29, 1.82) is 0 Å². The van der Waals surface area contributed by atoms with Gasteiger partial charge < -0.3 is 24.1 Å². The zero-order valence-electron chi connectivity index (χ0n) is 10.8. The molecule has 1 heterocycles. The third-order valence-electron chi connectivity index (χ3n) is 2.62. The van der Waals surface area contributed by atoms with E-state index in [-0.39, 0.29) is 0 Å². The Morgan fingerprint density at radius 3 is 2.00 bits per heavy atom. The summed E-state index contributed by atoms with van der Waals surface area (Å²) in [5, 5.41) is 9.72. The SMILES string of the molecule is CO[C@H]1[C@H](OC(C)=O)[C@@H](C)OC(O)[C@@H]1OC(C)=O. The second-order valence-electron chi connectivity index (χ2n) is 4.08. The van der Waals surface area contributed by atoms with Crippen LogP contribution in [0.5, 0.6) is 0 Å². The molecule has 1 fully saturated rings. The van der Waals surface area contributed by atoms with Crippen molar-refractivity contribution < 1.29 is 33.6 Å². The van der Waals surface area contributed by atoms with Crippen LogP contribution in [-0.4, -0.2) is 54.9 Å². The Labute approximate surface area is 105 Å². The zero-order valence-corrected chi connectivity index (χ0v) is 10.8. The number of aliphatic hydroxyl groups excluding tert-OH is 1. The van der Waals surface area contributed by atoms with Gasteiger partial charge in [-0.15, -0.1) is 0 Å². The fourth-order valence-corrected chi connectivity index (χ4v) is 1.93. The van der Waals surface area contributed by atoms with Crippen molar-refractivity contribution in [3.05, 3.63) is 0 Å². The molecule has 1 aliphatic heterocycles. The first-order valence-electron chi connectivity index (χ1n) is 5.57. The second-order valence-corrected chi connectivity index (χ2v) is 4.08. The monoisotopic (exact) mass is 262 g/mol. The maximum atomic E-state index is 11.0. The summed E-state index contributed by atoms with van der Waals surface area (Å²) < 4.78 is 20.3. The van der Waals surface area contributed by atoms with Crippen LogP contribution >= 0.6 is 0 Å². The van der Waals surface area contributed by atoms with E-state index in [2.05, 4.69) is 0 Å². The smallest absolute Gasteiger partial charge is 0.303 e. The molecular formula is C11H18O7. The third kappa shape index (κ3) is 3.41. The fourth-order valence-electron chi connectivity index (χ4n) is 1.93. The Bertz CT molecular complexity index is 289. The molecule has 1 N–H and O–H groups in total. The summed E-state index contributed by atoms with van der Waals surface area (Å²) >= 11 is 0. The van der Waals surface area contributed by atoms with Crippen LogP contribution in [0.15, 0.2) is 0 Å². The van der Waals surface area contributed by atoms with E-state index in [1.165, 1.54) is 21.0 Å². The lowest BCUT2D eigenvalue weighted by Gasteiger charge is -2.41. The molecule has 1 aliphatic rings. The highest BCUT2D eigenvalue weighted by Crippen LogP contribution is 2.26. The number of aliphatic hydroxyl groups is 1. The topological polar surface area (TPSA) is 91.3 Å². The van der Waals surface area contributed by atoms with Gasteiger partial charge in [0, 0.05) is 21.0 Å². The fraction of sp³-hybridized carbons (Fsp3) is 0.818. The molecule has 7 heteroatoms. The molecule has 0 saturated carbocycles. The standard InChI is InChI=1S/C11H18O7/c1-5-8(17-6(2)12)9(15-4)10(11(14)16-5)18-7(3)13/h5,8-11,14H,1-4H3/t5-,8-,9+,10-,11?/m1/s1. The molecule has 1 unspecified atom stereocenters. The van der Waals surface area contributed by atoms with E-state index in [1.807, 2.05) is 0 Å². The first-order valence-corrected chi connectivity index (χ1v) is 5.57. The van der Waals surface area contributed by atoms with Crippen LogP contribution in [0.25, 0.3) is 0 Å². The first kappa shape index (κ1) is 14.9. The summed E-state index contributed by atoms with van der Waals surface area (Å²) in [5.41, 5.74) is 0. The minimum Gasteiger partial charge on any atom is -0.457 e. The van der Waals surface area contributed by atoms with E-state index in [1.54, 1.807) is 6.92 Å². The molecule has 0 aromatic carbocycles. The number of carbonyl (C=O) groups is 2. The number of hydrogen-bond donors (Lipinski definition) is 1. The normalized spacial score (nSPS) is 35.9. The largest absolute Gasteiger partial charge is 0.457 e. The highest BCUT2D eigenvalue weighted by atomic mass is 16.7. The van der Waals surface area contributed by atoms with Crippen LogP contribution < -0.4 is 0 Å². The van der Waals surface area contributed by atoms with Gasteiger partial charge in [0.15, 0.2) is 18.5 Å². The summed E-state index contributed by atoms with van der Waals surface area (Å²) in [6, 6.07) is 0. The average molecular weight is 262 g/mol. The van der Waals surface area contributed by atoms with Crippen molar-refractivity contribution in [2.24, 2.45) is 0 Å². The van der Waals surface area contributed by atoms with Gasteiger partial charge in [0.1, 0.15) is 6.10 Å². The van der Waals surface area contributed by atoms with Crippen LogP contribution in [0.2, 0.25) is 0 Å². The zero-order chi connectivity index (χ0) is 13.9. The van der Waals surface area contributed by atoms with Crippen molar-refractivity contribution in [2.45, 2.75) is 51.5 Å². The molecule has 0 spiro atoms. The lowest BCUT2D eigenvalue weighted by molar-refractivity contribution is -0.289. The number of hydrogen-bond acceptors (Lipinski definition) is 7. The molecule has 0 bridgehead atoms. The van der Waals surface area contributed by atoms with E-state index in [9.17, 15) is 14.7 Å². The lowest BCUT2D eigenvalue weighted by atomic mass is 9.99. The van der Waals surface area contributed by atoms with Gasteiger partial charge >= 0.3 is 11.9 Å². The van der Waals surface area contributed by atoms with E-state index >= 15 is 0 Å². The molecule has 18 heavy (non-hydrogen) atoms. The van der Waals surface area contributed by atoms with Gasteiger partial charge in [-0.25, -0.2) is 0 Å². The molecule has 1 rings (SSSR count). The van der Waals surface area contributed by atoms with E-state index in [4.69, 9.17) is 18.9 Å². The number of esters is 2. The lowest BCUT2D eigenvalue weighted by Crippen LogP contribution is -2.59. The predicted octanol–water partition coefficient (Wildman–Crippen LogP) is -0.398. The van der Waals surface area contributed by atoms with Crippen LogP contribution in [0.3, 0.4) is 0 Å². The van der Waals surface area contributed by atoms with Gasteiger partial charge in [0.25, 0.3) is 0 Å². The molecule has 0 aromatic rings. The number of ether oxygens (including phenoxy) is 4. The summed E-state index contributed by atoms with van der Waals surface area (Å²) in [5.74, 6) is -1.09. The minimum atomic E-state index is -1.32. The Hall–Kier alpha value is -1.18. The molecule has 0 radical (unpaired) electrons. The highest BCUT2D eigenvalue weighted by molar-refractivity contribution is 5.67. The number of methoxy groups -OCH3 is 1. The van der Waals surface area contributed by atoms with Gasteiger partial charge in [-0.1, -0.05) is 0 Å².